The molecule has 28 heavy (non-hydrogen) atoms. The number of anilines is 1. The van der Waals surface area contributed by atoms with Gasteiger partial charge in [0.2, 0.25) is 0 Å². The van der Waals surface area contributed by atoms with Gasteiger partial charge in [-0.25, -0.2) is 9.69 Å². The van der Waals surface area contributed by atoms with Crippen molar-refractivity contribution in [3.8, 4) is 5.75 Å². The van der Waals surface area contributed by atoms with Crippen LogP contribution in [0, 0.1) is 0 Å². The van der Waals surface area contributed by atoms with Crippen molar-refractivity contribution in [2.45, 2.75) is 0 Å². The number of nitrogens with one attached hydrogen (secondary N) is 1. The fourth-order valence-electron chi connectivity index (χ4n) is 3.14. The lowest BCUT2D eigenvalue weighted by molar-refractivity contribution is -0.122. The molecule has 3 aromatic rings. The van der Waals surface area contributed by atoms with Gasteiger partial charge in [0.25, 0.3) is 11.8 Å². The van der Waals surface area contributed by atoms with Crippen molar-refractivity contribution < 1.29 is 19.1 Å². The monoisotopic (exact) mass is 373 g/mol. The van der Waals surface area contributed by atoms with E-state index in [1.807, 2.05) is 24.3 Å². The first-order valence-corrected chi connectivity index (χ1v) is 8.47. The zero-order valence-corrected chi connectivity index (χ0v) is 14.9. The molecule has 138 valence electrons. The minimum atomic E-state index is -0.794. The summed E-state index contributed by atoms with van der Waals surface area (Å²) >= 11 is 0. The topological polar surface area (TPSA) is 88.6 Å². The van der Waals surface area contributed by atoms with E-state index in [1.54, 1.807) is 19.2 Å². The number of urea groups is 1. The molecule has 7 heteroatoms. The molecule has 1 aliphatic rings. The predicted molar refractivity (Wildman–Crippen MR) is 104 cm³/mol. The van der Waals surface area contributed by atoms with Crippen LogP contribution < -0.4 is 15.0 Å². The smallest absolute Gasteiger partial charge is 0.335 e. The summed E-state index contributed by atoms with van der Waals surface area (Å²) in [4.78, 5) is 42.3. The number of imide groups is 2. The lowest BCUT2D eigenvalue weighted by Crippen LogP contribution is -2.54. The van der Waals surface area contributed by atoms with Crippen LogP contribution in [-0.2, 0) is 9.59 Å². The Morgan fingerprint density at radius 3 is 2.39 bits per heavy atom. The van der Waals surface area contributed by atoms with E-state index in [2.05, 4.69) is 10.3 Å². The molecule has 0 aliphatic carbocycles. The van der Waals surface area contributed by atoms with Gasteiger partial charge in [0.1, 0.15) is 11.3 Å². The van der Waals surface area contributed by atoms with Crippen LogP contribution in [0.25, 0.3) is 16.8 Å². The van der Waals surface area contributed by atoms with Gasteiger partial charge in [-0.05, 0) is 35.2 Å². The Morgan fingerprint density at radius 2 is 1.68 bits per heavy atom. The van der Waals surface area contributed by atoms with Crippen LogP contribution in [0.3, 0.4) is 0 Å². The van der Waals surface area contributed by atoms with Gasteiger partial charge in [-0.3, -0.25) is 19.9 Å². The Bertz CT molecular complexity index is 1140. The third-order valence-corrected chi connectivity index (χ3v) is 4.46. The molecule has 0 radical (unpaired) electrons. The number of aromatic nitrogens is 1. The quantitative estimate of drug-likeness (QED) is 0.563. The Labute approximate surface area is 160 Å². The van der Waals surface area contributed by atoms with Crippen molar-refractivity contribution in [1.82, 2.24) is 10.3 Å². The molecule has 1 aromatic heterocycles. The molecule has 7 nitrogen and oxygen atoms in total. The summed E-state index contributed by atoms with van der Waals surface area (Å²) in [5.41, 5.74) is 0.862. The first kappa shape index (κ1) is 17.4. The van der Waals surface area contributed by atoms with Crippen molar-refractivity contribution in [3.05, 3.63) is 72.1 Å². The number of fused-ring (bicyclic) bond motifs is 1. The predicted octanol–water partition coefficient (Wildman–Crippen LogP) is 2.91. The Balaban J connectivity index is 1.83. The van der Waals surface area contributed by atoms with Gasteiger partial charge in [-0.2, -0.15) is 0 Å². The lowest BCUT2D eigenvalue weighted by atomic mass is 10.00. The Morgan fingerprint density at radius 1 is 0.964 bits per heavy atom. The molecule has 0 unspecified atom stereocenters. The number of carbonyl (C=O) groups is 3. The largest absolute Gasteiger partial charge is 0.496 e. The summed E-state index contributed by atoms with van der Waals surface area (Å²) in [5.74, 6) is -0.745. The highest BCUT2D eigenvalue weighted by molar-refractivity contribution is 6.39. The number of benzene rings is 2. The Kier molecular flexibility index (Phi) is 4.33. The summed E-state index contributed by atoms with van der Waals surface area (Å²) in [6.45, 7) is 0. The molecule has 1 fully saturated rings. The number of ether oxygens (including phenoxy) is 1. The second kappa shape index (κ2) is 6.96. The molecule has 2 heterocycles. The van der Waals surface area contributed by atoms with Crippen LogP contribution in [0.4, 0.5) is 10.5 Å². The minimum Gasteiger partial charge on any atom is -0.496 e. The van der Waals surface area contributed by atoms with Crippen LogP contribution in [0.5, 0.6) is 5.75 Å². The summed E-state index contributed by atoms with van der Waals surface area (Å²) in [6, 6.07) is 13.3. The highest BCUT2D eigenvalue weighted by Crippen LogP contribution is 2.30. The van der Waals surface area contributed by atoms with Crippen LogP contribution >= 0.6 is 0 Å². The minimum absolute atomic E-state index is 0.133. The van der Waals surface area contributed by atoms with E-state index in [4.69, 9.17) is 4.74 Å². The number of pyridine rings is 1. The standard InChI is InChI=1S/C21H15N3O4/c1-28-18-7-6-13(15-4-2-3-5-16(15)18)12-17-19(25)23-21(27)24(20(17)26)14-8-10-22-11-9-14/h2-12H,1H3,(H,23,25,27)/b17-12+. The van der Waals surface area contributed by atoms with Crippen molar-refractivity contribution in [2.75, 3.05) is 12.0 Å². The van der Waals surface area contributed by atoms with Crippen molar-refractivity contribution >= 4 is 40.4 Å². The number of barbiturate groups is 1. The molecule has 1 aliphatic heterocycles. The second-order valence-electron chi connectivity index (χ2n) is 6.07. The number of carbonyl (C=O) groups excluding carboxylic acids is 3. The average molecular weight is 373 g/mol. The van der Waals surface area contributed by atoms with E-state index < -0.39 is 17.8 Å². The van der Waals surface area contributed by atoms with E-state index >= 15 is 0 Å². The molecule has 4 rings (SSSR count). The molecule has 1 saturated heterocycles. The van der Waals surface area contributed by atoms with Crippen molar-refractivity contribution in [1.29, 1.82) is 0 Å². The zero-order chi connectivity index (χ0) is 19.7. The fraction of sp³-hybridized carbons (Fsp3) is 0.0476. The third kappa shape index (κ3) is 2.88. The normalized spacial score (nSPS) is 15.8. The molecule has 0 spiro atoms. The van der Waals surface area contributed by atoms with Crippen LogP contribution in [0.15, 0.2) is 66.5 Å². The maximum Gasteiger partial charge on any atom is 0.335 e. The molecule has 0 bridgehead atoms. The van der Waals surface area contributed by atoms with Gasteiger partial charge in [-0.1, -0.05) is 30.3 Å². The molecule has 0 atom stereocenters. The highest BCUT2D eigenvalue weighted by Gasteiger charge is 2.36. The van der Waals surface area contributed by atoms with Crippen molar-refractivity contribution in [3.63, 3.8) is 0 Å². The number of methoxy groups -OCH3 is 1. The second-order valence-corrected chi connectivity index (χ2v) is 6.07. The highest BCUT2D eigenvalue weighted by atomic mass is 16.5. The maximum atomic E-state index is 12.9. The average Bonchev–Trinajstić information content (AvgIpc) is 2.71. The molecule has 0 saturated carbocycles. The van der Waals surface area contributed by atoms with Gasteiger partial charge in [0, 0.05) is 17.8 Å². The summed E-state index contributed by atoms with van der Waals surface area (Å²) in [5, 5.41) is 3.89. The van der Waals surface area contributed by atoms with E-state index in [9.17, 15) is 14.4 Å². The molecule has 4 amide bonds. The molecular weight excluding hydrogens is 358 g/mol. The van der Waals surface area contributed by atoms with E-state index in [-0.39, 0.29) is 5.57 Å². The fourth-order valence-corrected chi connectivity index (χ4v) is 3.14. The van der Waals surface area contributed by atoms with Gasteiger partial charge in [0.05, 0.1) is 12.8 Å². The Hall–Kier alpha value is -4.00. The van der Waals surface area contributed by atoms with Crippen molar-refractivity contribution in [2.24, 2.45) is 0 Å². The summed E-state index contributed by atoms with van der Waals surface area (Å²) in [6.07, 6.45) is 4.42. The van der Waals surface area contributed by atoms with Gasteiger partial charge < -0.3 is 4.74 Å². The third-order valence-electron chi connectivity index (χ3n) is 4.46. The SMILES string of the molecule is COc1ccc(/C=C2\C(=O)NC(=O)N(c3ccncc3)C2=O)c2ccccc12. The maximum absolute atomic E-state index is 12.9. The first-order chi connectivity index (χ1) is 13.6. The lowest BCUT2D eigenvalue weighted by Gasteiger charge is -2.26. The summed E-state index contributed by atoms with van der Waals surface area (Å²) < 4.78 is 5.38. The summed E-state index contributed by atoms with van der Waals surface area (Å²) in [7, 11) is 1.58. The number of hydrogen-bond donors (Lipinski definition) is 1. The number of hydrogen-bond acceptors (Lipinski definition) is 5. The van der Waals surface area contributed by atoms with Gasteiger partial charge in [-0.15, -0.1) is 0 Å². The molecular formula is C21H15N3O4. The van der Waals surface area contributed by atoms with E-state index in [0.29, 0.717) is 17.0 Å². The number of amides is 4. The van der Waals surface area contributed by atoms with Crippen LogP contribution in [-0.4, -0.2) is 29.9 Å². The molecule has 2 aromatic carbocycles. The van der Waals surface area contributed by atoms with Gasteiger partial charge >= 0.3 is 6.03 Å². The molecule has 1 N–H and O–H groups in total. The zero-order valence-electron chi connectivity index (χ0n) is 14.9. The number of nitrogens with zero attached hydrogens (tertiary/aromatic N) is 2. The van der Waals surface area contributed by atoms with E-state index in [1.165, 1.54) is 30.6 Å². The first-order valence-electron chi connectivity index (χ1n) is 8.47. The van der Waals surface area contributed by atoms with E-state index in [0.717, 1.165) is 15.7 Å². The van der Waals surface area contributed by atoms with Gasteiger partial charge in [0.15, 0.2) is 0 Å². The van der Waals surface area contributed by atoms with Crippen LogP contribution in [0.1, 0.15) is 5.56 Å². The number of rotatable bonds is 3. The van der Waals surface area contributed by atoms with Crippen LogP contribution in [0.2, 0.25) is 0 Å².